The number of amides is 3. The zero-order valence-electron chi connectivity index (χ0n) is 14.4. The van der Waals surface area contributed by atoms with Gasteiger partial charge in [0.2, 0.25) is 0 Å². The van der Waals surface area contributed by atoms with Crippen molar-refractivity contribution < 1.29 is 18.8 Å². The Balaban J connectivity index is 1.52. The van der Waals surface area contributed by atoms with Crippen LogP contribution in [0.1, 0.15) is 68.9 Å². The van der Waals surface area contributed by atoms with Crippen LogP contribution in [-0.2, 0) is 6.54 Å². The quantitative estimate of drug-likeness (QED) is 0.858. The van der Waals surface area contributed by atoms with Gasteiger partial charge in [0.05, 0.1) is 23.9 Å². The molecule has 0 atom stereocenters. The Bertz CT molecular complexity index is 851. The number of nitrogens with one attached hydrogen (secondary N) is 1. The molecule has 1 N–H and O–H groups in total. The van der Waals surface area contributed by atoms with Crippen LogP contribution in [0.4, 0.5) is 0 Å². The lowest BCUT2D eigenvalue weighted by molar-refractivity contribution is 0.0631. The maximum atomic E-state index is 12.6. The van der Waals surface area contributed by atoms with Crippen molar-refractivity contribution in [2.24, 2.45) is 0 Å². The molecule has 134 valence electrons. The first-order chi connectivity index (χ1) is 12.6. The summed E-state index contributed by atoms with van der Waals surface area (Å²) in [6.45, 7) is 0.0863. The van der Waals surface area contributed by atoms with E-state index in [1.165, 1.54) is 18.8 Å². The molecule has 6 heteroatoms. The van der Waals surface area contributed by atoms with E-state index in [0.717, 1.165) is 30.6 Å². The van der Waals surface area contributed by atoms with E-state index in [0.29, 0.717) is 16.9 Å². The van der Waals surface area contributed by atoms with Gasteiger partial charge in [-0.3, -0.25) is 19.3 Å². The number of carbonyl (C=O) groups is 3. The standard InChI is InChI=1S/C20H20N2O4/c23-18(21-14-5-2-1-3-6-14)13-8-9-16-17(11-13)20(25)22(19(16)24)12-15-7-4-10-26-15/h4,7-11,14H,1-3,5-6,12H2,(H,21,23). The zero-order chi connectivity index (χ0) is 18.1. The van der Waals surface area contributed by atoms with E-state index in [9.17, 15) is 14.4 Å². The number of carbonyl (C=O) groups excluding carboxylic acids is 3. The van der Waals surface area contributed by atoms with Gasteiger partial charge in [0, 0.05) is 11.6 Å². The predicted octanol–water partition coefficient (Wildman–Crippen LogP) is 3.14. The molecule has 2 heterocycles. The van der Waals surface area contributed by atoms with Gasteiger partial charge in [-0.1, -0.05) is 19.3 Å². The number of hydrogen-bond donors (Lipinski definition) is 1. The Morgan fingerprint density at radius 3 is 2.58 bits per heavy atom. The monoisotopic (exact) mass is 352 g/mol. The molecule has 1 fully saturated rings. The first kappa shape index (κ1) is 16.6. The van der Waals surface area contributed by atoms with Crippen molar-refractivity contribution in [3.05, 3.63) is 59.0 Å². The summed E-state index contributed by atoms with van der Waals surface area (Å²) in [5.74, 6) is -0.409. The van der Waals surface area contributed by atoms with Crippen molar-refractivity contribution in [3.63, 3.8) is 0 Å². The summed E-state index contributed by atoms with van der Waals surface area (Å²) in [5, 5.41) is 3.04. The number of imide groups is 1. The van der Waals surface area contributed by atoms with Gasteiger partial charge in [-0.05, 0) is 43.2 Å². The molecule has 0 spiro atoms. The summed E-state index contributed by atoms with van der Waals surface area (Å²) in [4.78, 5) is 38.8. The van der Waals surface area contributed by atoms with E-state index in [1.54, 1.807) is 24.3 Å². The van der Waals surface area contributed by atoms with E-state index < -0.39 is 5.91 Å². The highest BCUT2D eigenvalue weighted by Crippen LogP contribution is 2.26. The third-order valence-corrected chi connectivity index (χ3v) is 5.07. The van der Waals surface area contributed by atoms with Crippen molar-refractivity contribution in [1.82, 2.24) is 10.2 Å². The molecular weight excluding hydrogens is 332 g/mol. The average molecular weight is 352 g/mol. The average Bonchev–Trinajstić information content (AvgIpc) is 3.25. The van der Waals surface area contributed by atoms with E-state index in [4.69, 9.17) is 4.42 Å². The van der Waals surface area contributed by atoms with Crippen molar-refractivity contribution in [2.45, 2.75) is 44.7 Å². The van der Waals surface area contributed by atoms with E-state index in [-0.39, 0.29) is 30.0 Å². The molecule has 1 aliphatic carbocycles. The SMILES string of the molecule is O=C(NC1CCCCC1)c1ccc2c(c1)C(=O)N(Cc1ccco1)C2=O. The van der Waals surface area contributed by atoms with Gasteiger partial charge in [-0.2, -0.15) is 0 Å². The molecule has 1 saturated carbocycles. The first-order valence-corrected chi connectivity index (χ1v) is 8.97. The number of fused-ring (bicyclic) bond motifs is 1. The normalized spacial score (nSPS) is 17.5. The highest BCUT2D eigenvalue weighted by atomic mass is 16.3. The van der Waals surface area contributed by atoms with Crippen LogP contribution in [0.25, 0.3) is 0 Å². The topological polar surface area (TPSA) is 79.6 Å². The molecular formula is C20H20N2O4. The fourth-order valence-electron chi connectivity index (χ4n) is 3.65. The number of hydrogen-bond acceptors (Lipinski definition) is 4. The zero-order valence-corrected chi connectivity index (χ0v) is 14.4. The van der Waals surface area contributed by atoms with Crippen LogP contribution in [0.5, 0.6) is 0 Å². The summed E-state index contributed by atoms with van der Waals surface area (Å²) in [6.07, 6.45) is 6.96. The Morgan fingerprint density at radius 2 is 1.85 bits per heavy atom. The molecule has 0 bridgehead atoms. The van der Waals surface area contributed by atoms with Gasteiger partial charge in [-0.25, -0.2) is 0 Å². The van der Waals surface area contributed by atoms with Crippen LogP contribution in [0, 0.1) is 0 Å². The number of rotatable bonds is 4. The van der Waals surface area contributed by atoms with Crippen molar-refractivity contribution in [2.75, 3.05) is 0 Å². The van der Waals surface area contributed by atoms with E-state index in [1.807, 2.05) is 0 Å². The minimum Gasteiger partial charge on any atom is -0.467 e. The largest absolute Gasteiger partial charge is 0.467 e. The van der Waals surface area contributed by atoms with Gasteiger partial charge in [0.25, 0.3) is 17.7 Å². The Hall–Kier alpha value is -2.89. The fraction of sp³-hybridized carbons (Fsp3) is 0.350. The molecule has 2 aliphatic rings. The van der Waals surface area contributed by atoms with Crippen LogP contribution in [0.2, 0.25) is 0 Å². The van der Waals surface area contributed by atoms with Gasteiger partial charge >= 0.3 is 0 Å². The van der Waals surface area contributed by atoms with Crippen LogP contribution < -0.4 is 5.32 Å². The molecule has 26 heavy (non-hydrogen) atoms. The summed E-state index contributed by atoms with van der Waals surface area (Å²) in [5.41, 5.74) is 1.02. The molecule has 0 saturated heterocycles. The molecule has 4 rings (SSSR count). The van der Waals surface area contributed by atoms with Crippen LogP contribution in [0.15, 0.2) is 41.0 Å². The molecule has 2 aromatic rings. The molecule has 0 radical (unpaired) electrons. The summed E-state index contributed by atoms with van der Waals surface area (Å²) in [7, 11) is 0. The molecule has 1 aromatic carbocycles. The van der Waals surface area contributed by atoms with Gasteiger partial charge < -0.3 is 9.73 Å². The van der Waals surface area contributed by atoms with E-state index >= 15 is 0 Å². The second kappa shape index (κ2) is 6.78. The lowest BCUT2D eigenvalue weighted by Gasteiger charge is -2.22. The van der Waals surface area contributed by atoms with E-state index in [2.05, 4.69) is 5.32 Å². The highest BCUT2D eigenvalue weighted by molar-refractivity contribution is 6.22. The van der Waals surface area contributed by atoms with Gasteiger partial charge in [0.15, 0.2) is 0 Å². The molecule has 1 aromatic heterocycles. The fourth-order valence-corrected chi connectivity index (χ4v) is 3.65. The summed E-state index contributed by atoms with van der Waals surface area (Å²) >= 11 is 0. The summed E-state index contributed by atoms with van der Waals surface area (Å²) in [6, 6.07) is 8.31. The second-order valence-corrected chi connectivity index (χ2v) is 6.84. The smallest absolute Gasteiger partial charge is 0.261 e. The Labute approximate surface area is 151 Å². The highest BCUT2D eigenvalue weighted by Gasteiger charge is 2.36. The van der Waals surface area contributed by atoms with Crippen molar-refractivity contribution >= 4 is 17.7 Å². The number of furan rings is 1. The van der Waals surface area contributed by atoms with Crippen LogP contribution >= 0.6 is 0 Å². The second-order valence-electron chi connectivity index (χ2n) is 6.84. The Kier molecular flexibility index (Phi) is 4.32. The van der Waals surface area contributed by atoms with Crippen molar-refractivity contribution in [1.29, 1.82) is 0 Å². The van der Waals surface area contributed by atoms with Crippen LogP contribution in [0.3, 0.4) is 0 Å². The third-order valence-electron chi connectivity index (χ3n) is 5.07. The lowest BCUT2D eigenvalue weighted by atomic mass is 9.95. The maximum Gasteiger partial charge on any atom is 0.261 e. The molecule has 3 amide bonds. The molecule has 0 unspecified atom stereocenters. The summed E-state index contributed by atoms with van der Waals surface area (Å²) < 4.78 is 5.23. The first-order valence-electron chi connectivity index (χ1n) is 8.97. The predicted molar refractivity (Wildman–Crippen MR) is 93.7 cm³/mol. The lowest BCUT2D eigenvalue weighted by Crippen LogP contribution is -2.36. The number of nitrogens with zero attached hydrogens (tertiary/aromatic N) is 1. The maximum absolute atomic E-state index is 12.6. The molecule has 6 nitrogen and oxygen atoms in total. The Morgan fingerprint density at radius 1 is 1.08 bits per heavy atom. The van der Waals surface area contributed by atoms with Gasteiger partial charge in [0.1, 0.15) is 5.76 Å². The third kappa shape index (κ3) is 3.03. The van der Waals surface area contributed by atoms with Crippen LogP contribution in [-0.4, -0.2) is 28.7 Å². The van der Waals surface area contributed by atoms with Gasteiger partial charge in [-0.15, -0.1) is 0 Å². The van der Waals surface area contributed by atoms with Crippen molar-refractivity contribution in [3.8, 4) is 0 Å². The minimum atomic E-state index is -0.395. The number of benzene rings is 1. The molecule has 1 aliphatic heterocycles. The minimum absolute atomic E-state index is 0.0863.